The number of rotatable bonds is 9. The van der Waals surface area contributed by atoms with Crippen molar-refractivity contribution in [3.63, 3.8) is 0 Å². The van der Waals surface area contributed by atoms with Crippen LogP contribution in [0.15, 0.2) is 23.8 Å². The molecule has 4 fully saturated rings. The maximum absolute atomic E-state index is 14.7. The summed E-state index contributed by atoms with van der Waals surface area (Å²) in [5, 5.41) is 0. The minimum atomic E-state index is -0.594. The van der Waals surface area contributed by atoms with Crippen molar-refractivity contribution in [1.82, 2.24) is 4.90 Å². The second-order valence-electron chi connectivity index (χ2n) is 16.5. The second-order valence-corrected chi connectivity index (χ2v) is 16.5. The van der Waals surface area contributed by atoms with Gasteiger partial charge in [0.2, 0.25) is 0 Å². The van der Waals surface area contributed by atoms with Crippen molar-refractivity contribution in [3.05, 3.63) is 23.8 Å². The Bertz CT molecular complexity index is 1290. The van der Waals surface area contributed by atoms with Crippen LogP contribution >= 0.6 is 0 Å². The van der Waals surface area contributed by atoms with E-state index in [1.807, 2.05) is 13.8 Å². The van der Waals surface area contributed by atoms with Gasteiger partial charge in [-0.25, -0.2) is 0 Å². The lowest BCUT2D eigenvalue weighted by molar-refractivity contribution is -0.314. The van der Waals surface area contributed by atoms with E-state index in [0.29, 0.717) is 18.4 Å². The topological polar surface area (TPSA) is 111 Å². The lowest BCUT2D eigenvalue weighted by Gasteiger charge is -2.44. The van der Waals surface area contributed by atoms with Crippen molar-refractivity contribution in [2.75, 3.05) is 35.4 Å². The monoisotopic (exact) mass is 731 g/mol. The number of ketones is 1. The molecule has 11 heteroatoms. The first-order chi connectivity index (χ1) is 25.0. The van der Waals surface area contributed by atoms with Crippen LogP contribution in [-0.2, 0) is 47.5 Å². The van der Waals surface area contributed by atoms with Crippen LogP contribution in [0.5, 0.6) is 0 Å². The molecule has 6 rings (SSSR count). The minimum absolute atomic E-state index is 0.0380. The zero-order valence-corrected chi connectivity index (χ0v) is 32.9. The summed E-state index contributed by atoms with van der Waals surface area (Å²) < 4.78 is 49.5. The van der Waals surface area contributed by atoms with Crippen molar-refractivity contribution in [1.29, 1.82) is 0 Å². The number of likely N-dealkylation sites (N-methyl/N-ethyl adjacent to an activating group) is 1. The van der Waals surface area contributed by atoms with Gasteiger partial charge >= 0.3 is 5.97 Å². The predicted molar refractivity (Wildman–Crippen MR) is 194 cm³/mol. The zero-order chi connectivity index (χ0) is 37.3. The van der Waals surface area contributed by atoms with Crippen LogP contribution in [0.3, 0.4) is 0 Å². The average molecular weight is 732 g/mol. The van der Waals surface area contributed by atoms with Gasteiger partial charge in [-0.05, 0) is 109 Å². The van der Waals surface area contributed by atoms with Crippen molar-refractivity contribution in [2.24, 2.45) is 35.5 Å². The van der Waals surface area contributed by atoms with Crippen LogP contribution in [-0.4, -0.2) is 120 Å². The first kappa shape index (κ1) is 40.0. The fraction of sp³-hybridized carbons (Fsp3) is 0.854. The van der Waals surface area contributed by atoms with Gasteiger partial charge < -0.3 is 42.8 Å². The molecule has 6 aliphatic rings. The zero-order valence-electron chi connectivity index (χ0n) is 32.9. The Morgan fingerprint density at radius 3 is 2.25 bits per heavy atom. The number of nitrogens with zero attached hydrogens (tertiary/aromatic N) is 1. The van der Waals surface area contributed by atoms with Gasteiger partial charge in [0, 0.05) is 39.2 Å². The van der Waals surface area contributed by atoms with Gasteiger partial charge in [-0.1, -0.05) is 32.1 Å². The highest BCUT2D eigenvalue weighted by atomic mass is 16.7. The van der Waals surface area contributed by atoms with Crippen LogP contribution in [0.2, 0.25) is 0 Å². The molecule has 3 saturated heterocycles. The smallest absolute Gasteiger partial charge is 0.306 e. The van der Waals surface area contributed by atoms with E-state index in [4.69, 9.17) is 37.9 Å². The van der Waals surface area contributed by atoms with E-state index in [0.717, 1.165) is 50.5 Å². The maximum Gasteiger partial charge on any atom is 0.306 e. The van der Waals surface area contributed by atoms with Crippen LogP contribution in [0, 0.1) is 35.5 Å². The lowest BCUT2D eigenvalue weighted by Crippen LogP contribution is -2.59. The molecule has 0 bridgehead atoms. The Kier molecular flexibility index (Phi) is 13.4. The summed E-state index contributed by atoms with van der Waals surface area (Å²) in [5.41, 5.74) is 0.763. The van der Waals surface area contributed by atoms with Gasteiger partial charge in [0.25, 0.3) is 0 Å². The van der Waals surface area contributed by atoms with Crippen molar-refractivity contribution >= 4 is 11.8 Å². The molecule has 0 radical (unpaired) electrons. The molecule has 11 nitrogen and oxygen atoms in total. The molecule has 0 aromatic carbocycles. The van der Waals surface area contributed by atoms with E-state index in [1.165, 1.54) is 0 Å². The summed E-state index contributed by atoms with van der Waals surface area (Å²) >= 11 is 0. The Labute approximate surface area is 311 Å². The van der Waals surface area contributed by atoms with E-state index in [1.54, 1.807) is 21.3 Å². The Morgan fingerprint density at radius 2 is 1.58 bits per heavy atom. The summed E-state index contributed by atoms with van der Waals surface area (Å²) in [6, 6.07) is 0.339. The average Bonchev–Trinajstić information content (AvgIpc) is 3.70. The van der Waals surface area contributed by atoms with Gasteiger partial charge in [-0.3, -0.25) is 9.59 Å². The highest BCUT2D eigenvalue weighted by Gasteiger charge is 2.52. The molecule has 0 aromatic heterocycles. The number of ether oxygens (including phenoxy) is 8. The van der Waals surface area contributed by atoms with Crippen LogP contribution < -0.4 is 0 Å². The van der Waals surface area contributed by atoms with Crippen molar-refractivity contribution < 1.29 is 47.5 Å². The van der Waals surface area contributed by atoms with E-state index < -0.39 is 12.4 Å². The highest BCUT2D eigenvalue weighted by Crippen LogP contribution is 2.54. The van der Waals surface area contributed by atoms with E-state index in [9.17, 15) is 9.59 Å². The van der Waals surface area contributed by atoms with E-state index in [-0.39, 0.29) is 96.8 Å². The predicted octanol–water partition coefficient (Wildman–Crippen LogP) is 5.49. The van der Waals surface area contributed by atoms with Gasteiger partial charge in [0.05, 0.1) is 30.8 Å². The normalized spacial score (nSPS) is 45.7. The number of methoxy groups -OCH3 is 3. The molecule has 0 N–H and O–H groups in total. The number of carbonyl (C=O) groups is 2. The number of Topliss-reactive ketones (excluding diaryl/α,β-unsaturated/α-hetero) is 1. The standard InChI is InChI=1S/C41H65NO10/c1-10-26-12-11-13-34(52-36-17-16-33(42(5)6)23(3)48-36)22(2)37(44)32-20-30-28(31(32)21-35(43)50-26)15-14-25-18-27(19-29(25)30)51-41-40(47-9)39(46-8)38(45-7)24(4)49-41/h14-15,20,22-31,33-34,36,38-41H,10-13,16-19,21H2,1-9H3/t22-,23-,24+,25-,26+,27-,28-,29-,30-,31+,33+,34-,36+,38+,39-,40-,41+/m1/s1. The fourth-order valence-corrected chi connectivity index (χ4v) is 10.4. The van der Waals surface area contributed by atoms with Crippen molar-refractivity contribution in [2.45, 2.75) is 153 Å². The van der Waals surface area contributed by atoms with Crippen molar-refractivity contribution in [3.8, 4) is 0 Å². The first-order valence-electron chi connectivity index (χ1n) is 20.0. The molecule has 294 valence electrons. The molecule has 3 aliphatic heterocycles. The molecular formula is C41H65NO10. The third-order valence-corrected chi connectivity index (χ3v) is 13.3. The number of hydrogen-bond donors (Lipinski definition) is 0. The number of hydrogen-bond acceptors (Lipinski definition) is 11. The molecule has 52 heavy (non-hydrogen) atoms. The molecule has 1 saturated carbocycles. The number of esters is 1. The SMILES string of the molecule is CC[C@H]1CCC[C@@H](O[C@H]2CC[C@H](N(C)C)[C@@H](C)O2)[C@@H](C)C(=O)C2=C[C@@H]3[C@@H](C=C[C@@H]4C[C@@H](O[C@@H]5O[C@@H](C)[C@H](OC)[C@@H](OC)[C@H]5OC)C[C@@H]34)[C@@H]2CC(=O)O1. The molecule has 3 heterocycles. The quantitative estimate of drug-likeness (QED) is 0.222. The molecule has 0 spiro atoms. The molecule has 0 amide bonds. The van der Waals surface area contributed by atoms with E-state index in [2.05, 4.69) is 51.1 Å². The minimum Gasteiger partial charge on any atom is -0.462 e. The molecule has 3 aliphatic carbocycles. The van der Waals surface area contributed by atoms with Gasteiger partial charge in [0.1, 0.15) is 24.4 Å². The molecule has 17 atom stereocenters. The summed E-state index contributed by atoms with van der Waals surface area (Å²) in [6.45, 7) is 8.17. The fourth-order valence-electron chi connectivity index (χ4n) is 10.4. The largest absolute Gasteiger partial charge is 0.462 e. The first-order valence-corrected chi connectivity index (χ1v) is 20.0. The van der Waals surface area contributed by atoms with Gasteiger partial charge in [-0.2, -0.15) is 0 Å². The van der Waals surface area contributed by atoms with Crippen LogP contribution in [0.25, 0.3) is 0 Å². The Morgan fingerprint density at radius 1 is 0.827 bits per heavy atom. The number of cyclic esters (lactones) is 1. The maximum atomic E-state index is 14.7. The second kappa shape index (κ2) is 17.4. The van der Waals surface area contributed by atoms with Gasteiger partial charge in [0.15, 0.2) is 18.4 Å². The summed E-state index contributed by atoms with van der Waals surface area (Å²) in [6.07, 6.45) is 10.8. The third-order valence-electron chi connectivity index (χ3n) is 13.3. The van der Waals surface area contributed by atoms with Crippen LogP contribution in [0.1, 0.15) is 85.5 Å². The third kappa shape index (κ3) is 8.27. The van der Waals surface area contributed by atoms with Crippen LogP contribution in [0.4, 0.5) is 0 Å². The number of carbonyl (C=O) groups excluding carboxylic acids is 2. The summed E-state index contributed by atoms with van der Waals surface area (Å²) in [7, 11) is 9.15. The lowest BCUT2D eigenvalue weighted by atomic mass is 9.70. The number of allylic oxidation sites excluding steroid dienone is 4. The molecule has 0 unspecified atom stereocenters. The molecular weight excluding hydrogens is 666 g/mol. The summed E-state index contributed by atoms with van der Waals surface area (Å²) in [5.74, 6) is 0.0198. The molecule has 0 aromatic rings. The van der Waals surface area contributed by atoms with Gasteiger partial charge in [-0.15, -0.1) is 0 Å². The summed E-state index contributed by atoms with van der Waals surface area (Å²) in [4.78, 5) is 30.4. The Balaban J connectivity index is 1.20. The number of fused-ring (bicyclic) bond motifs is 5. The highest BCUT2D eigenvalue weighted by molar-refractivity contribution is 5.99. The van der Waals surface area contributed by atoms with E-state index >= 15 is 0 Å². The Hall–Kier alpha value is -1.70.